The molecule has 0 bridgehead atoms. The maximum absolute atomic E-state index is 11.6. The smallest absolute Gasteiger partial charge is 0.421 e. The number of nitrogens with one attached hydrogen (secondary N) is 2. The third kappa shape index (κ3) is 6.77. The topological polar surface area (TPSA) is 105 Å². The Morgan fingerprint density at radius 1 is 1.39 bits per heavy atom. The molecule has 0 saturated carbocycles. The zero-order valence-electron chi connectivity index (χ0n) is 11.2. The van der Waals surface area contributed by atoms with Crippen molar-refractivity contribution in [2.45, 2.75) is 40.2 Å². The summed E-state index contributed by atoms with van der Waals surface area (Å²) in [7, 11) is -3.99. The number of amides is 1. The first-order valence-electron chi connectivity index (χ1n) is 5.70. The standard InChI is InChI=1S/C10H22N2O5S/c1-5-17-9(14)12-18(15,16)11-8(6-7-13)10(2,3)4/h8,11,13H,5-7H2,1-4H3,(H,12,14). The predicted molar refractivity (Wildman–Crippen MR) is 67.2 cm³/mol. The second-order valence-electron chi connectivity index (χ2n) is 4.87. The van der Waals surface area contributed by atoms with Gasteiger partial charge in [0.25, 0.3) is 0 Å². The van der Waals surface area contributed by atoms with Crippen LogP contribution in [0.3, 0.4) is 0 Å². The molecule has 0 spiro atoms. The molecule has 0 rings (SSSR count). The van der Waals surface area contributed by atoms with Crippen LogP contribution in [0.2, 0.25) is 0 Å². The van der Waals surface area contributed by atoms with Crippen molar-refractivity contribution in [2.75, 3.05) is 13.2 Å². The first-order valence-corrected chi connectivity index (χ1v) is 7.18. The van der Waals surface area contributed by atoms with Gasteiger partial charge in [0, 0.05) is 12.6 Å². The maximum atomic E-state index is 11.6. The molecule has 18 heavy (non-hydrogen) atoms. The molecule has 1 unspecified atom stereocenters. The Bertz CT molecular complexity index is 361. The Morgan fingerprint density at radius 3 is 2.33 bits per heavy atom. The van der Waals surface area contributed by atoms with Crippen molar-refractivity contribution < 1.29 is 23.1 Å². The van der Waals surface area contributed by atoms with E-state index in [2.05, 4.69) is 9.46 Å². The van der Waals surface area contributed by atoms with E-state index < -0.39 is 22.3 Å². The number of hydrogen-bond acceptors (Lipinski definition) is 5. The molecule has 0 aliphatic heterocycles. The van der Waals surface area contributed by atoms with E-state index in [0.29, 0.717) is 0 Å². The Hall–Kier alpha value is -0.860. The number of rotatable bonds is 6. The Balaban J connectivity index is 4.66. The molecular formula is C10H22N2O5S. The van der Waals surface area contributed by atoms with Gasteiger partial charge in [0.15, 0.2) is 0 Å². The van der Waals surface area contributed by atoms with Crippen LogP contribution in [0, 0.1) is 5.41 Å². The highest BCUT2D eigenvalue weighted by molar-refractivity contribution is 7.88. The van der Waals surface area contributed by atoms with Crippen molar-refractivity contribution in [1.29, 1.82) is 0 Å². The Labute approximate surface area is 108 Å². The summed E-state index contributed by atoms with van der Waals surface area (Å²) in [6.45, 7) is 7.01. The molecule has 1 atom stereocenters. The molecule has 0 saturated heterocycles. The Kier molecular flexibility index (Phi) is 6.58. The summed E-state index contributed by atoms with van der Waals surface area (Å²) in [4.78, 5) is 11.0. The number of carbonyl (C=O) groups is 1. The third-order valence-electron chi connectivity index (χ3n) is 2.25. The van der Waals surface area contributed by atoms with Crippen LogP contribution in [-0.4, -0.2) is 38.9 Å². The molecule has 0 aromatic carbocycles. The van der Waals surface area contributed by atoms with Crippen LogP contribution in [-0.2, 0) is 14.9 Å². The van der Waals surface area contributed by atoms with Crippen LogP contribution in [0.4, 0.5) is 4.79 Å². The second kappa shape index (κ2) is 6.91. The van der Waals surface area contributed by atoms with Crippen molar-refractivity contribution >= 4 is 16.3 Å². The summed E-state index contributed by atoms with van der Waals surface area (Å²) in [5, 5.41) is 8.92. The van der Waals surface area contributed by atoms with Gasteiger partial charge in [-0.05, 0) is 18.8 Å². The van der Waals surface area contributed by atoms with Crippen molar-refractivity contribution in [3.8, 4) is 0 Å². The van der Waals surface area contributed by atoms with Crippen molar-refractivity contribution in [3.05, 3.63) is 0 Å². The summed E-state index contributed by atoms with van der Waals surface area (Å²) in [6.07, 6.45) is -0.769. The average molecular weight is 282 g/mol. The number of ether oxygens (including phenoxy) is 1. The second-order valence-corrected chi connectivity index (χ2v) is 6.32. The molecule has 0 aliphatic rings. The number of hydrogen-bond donors (Lipinski definition) is 3. The summed E-state index contributed by atoms with van der Waals surface area (Å²) in [5.41, 5.74) is -0.383. The van der Waals surface area contributed by atoms with E-state index in [0.717, 1.165) is 0 Å². The fourth-order valence-corrected chi connectivity index (χ4v) is 2.47. The first kappa shape index (κ1) is 17.1. The lowest BCUT2D eigenvalue weighted by Gasteiger charge is -2.30. The van der Waals surface area contributed by atoms with Crippen LogP contribution in [0.1, 0.15) is 34.1 Å². The van der Waals surface area contributed by atoms with Crippen LogP contribution in [0.5, 0.6) is 0 Å². The van der Waals surface area contributed by atoms with E-state index in [-0.39, 0.29) is 25.0 Å². The molecule has 0 radical (unpaired) electrons. The van der Waals surface area contributed by atoms with Crippen LogP contribution >= 0.6 is 0 Å². The average Bonchev–Trinajstić information content (AvgIpc) is 2.14. The SMILES string of the molecule is CCOC(=O)NS(=O)(=O)NC(CCO)C(C)(C)C. The van der Waals surface area contributed by atoms with Crippen LogP contribution < -0.4 is 9.44 Å². The highest BCUT2D eigenvalue weighted by Gasteiger charge is 2.29. The van der Waals surface area contributed by atoms with Gasteiger partial charge in [-0.1, -0.05) is 20.8 Å². The van der Waals surface area contributed by atoms with Crippen molar-refractivity contribution in [2.24, 2.45) is 5.41 Å². The molecule has 108 valence electrons. The van der Waals surface area contributed by atoms with E-state index in [1.807, 2.05) is 20.8 Å². The van der Waals surface area contributed by atoms with Gasteiger partial charge in [0.2, 0.25) is 0 Å². The first-order chi connectivity index (χ1) is 8.12. The van der Waals surface area contributed by atoms with Gasteiger partial charge in [0.05, 0.1) is 6.61 Å². The summed E-state index contributed by atoms with van der Waals surface area (Å²) < 4.78 is 31.8. The lowest BCUT2D eigenvalue weighted by molar-refractivity contribution is 0.158. The highest BCUT2D eigenvalue weighted by Crippen LogP contribution is 2.22. The molecule has 0 aromatic heterocycles. The van der Waals surface area contributed by atoms with E-state index >= 15 is 0 Å². The molecule has 8 heteroatoms. The molecule has 0 fully saturated rings. The van der Waals surface area contributed by atoms with Gasteiger partial charge in [-0.3, -0.25) is 0 Å². The lowest BCUT2D eigenvalue weighted by atomic mass is 9.86. The molecule has 7 nitrogen and oxygen atoms in total. The van der Waals surface area contributed by atoms with Gasteiger partial charge in [-0.25, -0.2) is 9.52 Å². The zero-order valence-corrected chi connectivity index (χ0v) is 12.0. The van der Waals surface area contributed by atoms with Crippen LogP contribution in [0.25, 0.3) is 0 Å². The Morgan fingerprint density at radius 2 is 1.94 bits per heavy atom. The number of aliphatic hydroxyl groups excluding tert-OH is 1. The minimum Gasteiger partial charge on any atom is -0.449 e. The molecular weight excluding hydrogens is 260 g/mol. The largest absolute Gasteiger partial charge is 0.449 e. The number of aliphatic hydroxyl groups is 1. The summed E-state index contributed by atoms with van der Waals surface area (Å²) >= 11 is 0. The van der Waals surface area contributed by atoms with Crippen LogP contribution in [0.15, 0.2) is 0 Å². The molecule has 0 heterocycles. The van der Waals surface area contributed by atoms with Gasteiger partial charge in [0.1, 0.15) is 0 Å². The van der Waals surface area contributed by atoms with Gasteiger partial charge in [-0.15, -0.1) is 0 Å². The summed E-state index contributed by atoms with van der Waals surface area (Å²) in [5.74, 6) is 0. The molecule has 1 amide bonds. The van der Waals surface area contributed by atoms with Crippen molar-refractivity contribution in [1.82, 2.24) is 9.44 Å². The summed E-state index contributed by atoms with van der Waals surface area (Å²) in [6, 6.07) is -0.491. The van der Waals surface area contributed by atoms with E-state index in [4.69, 9.17) is 5.11 Å². The molecule has 0 aliphatic carbocycles. The molecule has 0 aromatic rings. The lowest BCUT2D eigenvalue weighted by Crippen LogP contribution is -2.50. The maximum Gasteiger partial charge on any atom is 0.421 e. The van der Waals surface area contributed by atoms with E-state index in [1.165, 1.54) is 0 Å². The molecule has 3 N–H and O–H groups in total. The van der Waals surface area contributed by atoms with Crippen molar-refractivity contribution in [3.63, 3.8) is 0 Å². The highest BCUT2D eigenvalue weighted by atomic mass is 32.2. The number of carbonyl (C=O) groups excluding carboxylic acids is 1. The van der Waals surface area contributed by atoms with Gasteiger partial charge in [-0.2, -0.15) is 13.1 Å². The normalized spacial score (nSPS) is 14.1. The minimum absolute atomic E-state index is 0.0840. The fraction of sp³-hybridized carbons (Fsp3) is 0.900. The van der Waals surface area contributed by atoms with E-state index in [1.54, 1.807) is 11.6 Å². The monoisotopic (exact) mass is 282 g/mol. The quantitative estimate of drug-likeness (QED) is 0.652. The zero-order chi connectivity index (χ0) is 14.4. The predicted octanol–water partition coefficient (Wildman–Crippen LogP) is 0.364. The van der Waals surface area contributed by atoms with Gasteiger partial charge >= 0.3 is 16.3 Å². The van der Waals surface area contributed by atoms with Gasteiger partial charge < -0.3 is 9.84 Å². The fourth-order valence-electron chi connectivity index (χ4n) is 1.28. The third-order valence-corrected chi connectivity index (χ3v) is 3.28. The van der Waals surface area contributed by atoms with E-state index in [9.17, 15) is 13.2 Å². The minimum atomic E-state index is -3.99.